The molecule has 0 bridgehead atoms. The van der Waals surface area contributed by atoms with Crippen molar-refractivity contribution in [3.8, 4) is 11.3 Å². The second kappa shape index (κ2) is 5.40. The maximum atomic E-state index is 12.3. The number of benzene rings is 1. The van der Waals surface area contributed by atoms with Crippen molar-refractivity contribution in [1.82, 2.24) is 20.4 Å². The van der Waals surface area contributed by atoms with Crippen molar-refractivity contribution in [2.45, 2.75) is 12.5 Å². The molecule has 2 N–H and O–H groups in total. The van der Waals surface area contributed by atoms with Crippen LogP contribution in [0, 0.1) is 0 Å². The van der Waals surface area contributed by atoms with Crippen molar-refractivity contribution in [2.75, 3.05) is 6.54 Å². The van der Waals surface area contributed by atoms with Gasteiger partial charge in [-0.3, -0.25) is 14.3 Å². The van der Waals surface area contributed by atoms with Crippen molar-refractivity contribution in [2.24, 2.45) is 7.05 Å². The normalized spacial score (nSPS) is 17.6. The minimum atomic E-state index is -0.214. The minimum Gasteiger partial charge on any atom is -0.354 e. The maximum Gasteiger partial charge on any atom is 0.269 e. The van der Waals surface area contributed by atoms with Crippen LogP contribution in [0.5, 0.6) is 0 Å². The Labute approximate surface area is 122 Å². The summed E-state index contributed by atoms with van der Waals surface area (Å²) in [7, 11) is 1.74. The number of carbonyl (C=O) groups excluding carboxylic acids is 2. The van der Waals surface area contributed by atoms with E-state index in [2.05, 4.69) is 15.7 Å². The van der Waals surface area contributed by atoms with E-state index in [4.69, 9.17) is 0 Å². The quantitative estimate of drug-likeness (QED) is 0.871. The Morgan fingerprint density at radius 2 is 2.14 bits per heavy atom. The summed E-state index contributed by atoms with van der Waals surface area (Å²) in [6, 6.07) is 11.3. The molecule has 6 heteroatoms. The van der Waals surface area contributed by atoms with Gasteiger partial charge in [0.15, 0.2) is 0 Å². The molecule has 1 fully saturated rings. The number of nitrogens with one attached hydrogen (secondary N) is 2. The predicted octanol–water partition coefficient (Wildman–Crippen LogP) is 0.705. The Morgan fingerprint density at radius 3 is 2.81 bits per heavy atom. The van der Waals surface area contributed by atoms with E-state index in [0.717, 1.165) is 11.3 Å². The third-order valence-corrected chi connectivity index (χ3v) is 3.49. The fourth-order valence-corrected chi connectivity index (χ4v) is 2.40. The van der Waals surface area contributed by atoms with E-state index in [9.17, 15) is 9.59 Å². The van der Waals surface area contributed by atoms with Crippen LogP contribution in [0.2, 0.25) is 0 Å². The van der Waals surface area contributed by atoms with Gasteiger partial charge in [-0.2, -0.15) is 5.10 Å². The van der Waals surface area contributed by atoms with Crippen molar-refractivity contribution in [1.29, 1.82) is 0 Å². The third kappa shape index (κ3) is 2.79. The lowest BCUT2D eigenvalue weighted by molar-refractivity contribution is -0.119. The average molecular weight is 284 g/mol. The number of aryl methyl sites for hydroxylation is 1. The van der Waals surface area contributed by atoms with Crippen LogP contribution in [0.1, 0.15) is 16.9 Å². The molecule has 2 aromatic rings. The molecule has 2 heterocycles. The van der Waals surface area contributed by atoms with Crippen LogP contribution in [-0.4, -0.2) is 34.2 Å². The van der Waals surface area contributed by atoms with Crippen LogP contribution in [-0.2, 0) is 11.8 Å². The number of hydrogen-bond donors (Lipinski definition) is 2. The lowest BCUT2D eigenvalue weighted by Crippen LogP contribution is -2.37. The Hall–Kier alpha value is -2.63. The highest BCUT2D eigenvalue weighted by Gasteiger charge is 2.24. The second-order valence-electron chi connectivity index (χ2n) is 5.08. The fraction of sp³-hybridized carbons (Fsp3) is 0.267. The van der Waals surface area contributed by atoms with Crippen LogP contribution in [0.25, 0.3) is 11.3 Å². The zero-order valence-corrected chi connectivity index (χ0v) is 11.7. The largest absolute Gasteiger partial charge is 0.354 e. The molecule has 1 aromatic carbocycles. The summed E-state index contributed by atoms with van der Waals surface area (Å²) in [5.41, 5.74) is 2.20. The average Bonchev–Trinajstić information content (AvgIpc) is 3.06. The Kier molecular flexibility index (Phi) is 3.43. The molecular weight excluding hydrogens is 268 g/mol. The van der Waals surface area contributed by atoms with E-state index < -0.39 is 0 Å². The molecule has 0 aliphatic carbocycles. The molecule has 1 aromatic heterocycles. The number of hydrogen-bond acceptors (Lipinski definition) is 3. The van der Waals surface area contributed by atoms with Gasteiger partial charge in [-0.25, -0.2) is 0 Å². The monoisotopic (exact) mass is 284 g/mol. The van der Waals surface area contributed by atoms with Crippen molar-refractivity contribution >= 4 is 11.8 Å². The van der Waals surface area contributed by atoms with Crippen LogP contribution >= 0.6 is 0 Å². The van der Waals surface area contributed by atoms with E-state index in [-0.39, 0.29) is 17.9 Å². The van der Waals surface area contributed by atoms with E-state index in [1.54, 1.807) is 17.8 Å². The lowest BCUT2D eigenvalue weighted by atomic mass is 10.1. The predicted molar refractivity (Wildman–Crippen MR) is 77.5 cm³/mol. The van der Waals surface area contributed by atoms with E-state index in [1.165, 1.54) is 0 Å². The SMILES string of the molecule is Cn1nc(-c2ccccc2)cc1C(=O)NC1CNC(=O)C1. The lowest BCUT2D eigenvalue weighted by Gasteiger charge is -2.09. The summed E-state index contributed by atoms with van der Waals surface area (Å²) in [5.74, 6) is -0.246. The van der Waals surface area contributed by atoms with Crippen molar-refractivity contribution in [3.05, 3.63) is 42.1 Å². The first-order chi connectivity index (χ1) is 10.1. The van der Waals surface area contributed by atoms with Gasteiger partial charge in [0.25, 0.3) is 5.91 Å². The molecule has 108 valence electrons. The summed E-state index contributed by atoms with van der Waals surface area (Å²) in [5, 5.41) is 9.91. The Bertz CT molecular complexity index is 678. The molecule has 6 nitrogen and oxygen atoms in total. The minimum absolute atomic E-state index is 0.0321. The molecule has 0 radical (unpaired) electrons. The first-order valence-corrected chi connectivity index (χ1v) is 6.80. The summed E-state index contributed by atoms with van der Waals surface area (Å²) in [6.45, 7) is 0.480. The number of rotatable bonds is 3. The summed E-state index contributed by atoms with van der Waals surface area (Å²) in [6.07, 6.45) is 0.329. The van der Waals surface area contributed by atoms with E-state index in [1.807, 2.05) is 30.3 Å². The number of carbonyl (C=O) groups is 2. The van der Waals surface area contributed by atoms with E-state index in [0.29, 0.717) is 18.7 Å². The smallest absolute Gasteiger partial charge is 0.269 e. The molecule has 1 aliphatic heterocycles. The van der Waals surface area contributed by atoms with Gasteiger partial charge in [0.05, 0.1) is 11.7 Å². The number of aromatic nitrogens is 2. The van der Waals surface area contributed by atoms with Crippen LogP contribution in [0.15, 0.2) is 36.4 Å². The molecule has 21 heavy (non-hydrogen) atoms. The first-order valence-electron chi connectivity index (χ1n) is 6.80. The zero-order valence-electron chi connectivity index (χ0n) is 11.7. The van der Waals surface area contributed by atoms with Gasteiger partial charge in [0.1, 0.15) is 5.69 Å². The number of nitrogens with zero attached hydrogens (tertiary/aromatic N) is 2. The molecule has 1 atom stereocenters. The molecule has 1 aliphatic rings. The summed E-state index contributed by atoms with van der Waals surface area (Å²) < 4.78 is 1.56. The fourth-order valence-electron chi connectivity index (χ4n) is 2.40. The Balaban J connectivity index is 1.78. The van der Waals surface area contributed by atoms with E-state index >= 15 is 0 Å². The van der Waals surface area contributed by atoms with Crippen molar-refractivity contribution in [3.63, 3.8) is 0 Å². The summed E-state index contributed by atoms with van der Waals surface area (Å²) >= 11 is 0. The molecular formula is C15H16N4O2. The zero-order chi connectivity index (χ0) is 14.8. The molecule has 1 unspecified atom stereocenters. The van der Waals surface area contributed by atoms with Gasteiger partial charge in [0, 0.05) is 25.6 Å². The second-order valence-corrected chi connectivity index (χ2v) is 5.08. The molecule has 3 rings (SSSR count). The van der Waals surface area contributed by atoms with Gasteiger partial charge in [-0.05, 0) is 6.07 Å². The highest BCUT2D eigenvalue weighted by atomic mass is 16.2. The van der Waals surface area contributed by atoms with Gasteiger partial charge in [-0.1, -0.05) is 30.3 Å². The molecule has 0 saturated carbocycles. The topological polar surface area (TPSA) is 76.0 Å². The third-order valence-electron chi connectivity index (χ3n) is 3.49. The number of amides is 2. The van der Waals surface area contributed by atoms with Crippen LogP contribution < -0.4 is 10.6 Å². The molecule has 0 spiro atoms. The molecule has 2 amide bonds. The van der Waals surface area contributed by atoms with Gasteiger partial charge in [0.2, 0.25) is 5.91 Å². The van der Waals surface area contributed by atoms with Crippen LogP contribution in [0.3, 0.4) is 0 Å². The van der Waals surface area contributed by atoms with Gasteiger partial charge >= 0.3 is 0 Å². The highest BCUT2D eigenvalue weighted by Crippen LogP contribution is 2.18. The highest BCUT2D eigenvalue weighted by molar-refractivity contribution is 5.94. The standard InChI is InChI=1S/C15H16N4O2/c1-19-13(15(21)17-11-7-14(20)16-9-11)8-12(18-19)10-5-3-2-4-6-10/h2-6,8,11H,7,9H2,1H3,(H,16,20)(H,17,21). The molecule has 1 saturated heterocycles. The van der Waals surface area contributed by atoms with Gasteiger partial charge < -0.3 is 10.6 Å². The summed E-state index contributed by atoms with van der Waals surface area (Å²) in [4.78, 5) is 23.4. The Morgan fingerprint density at radius 1 is 1.38 bits per heavy atom. The van der Waals surface area contributed by atoms with Gasteiger partial charge in [-0.15, -0.1) is 0 Å². The van der Waals surface area contributed by atoms with Crippen molar-refractivity contribution < 1.29 is 9.59 Å². The maximum absolute atomic E-state index is 12.3. The van der Waals surface area contributed by atoms with Crippen LogP contribution in [0.4, 0.5) is 0 Å². The first kappa shape index (κ1) is 13.4.